The lowest BCUT2D eigenvalue weighted by molar-refractivity contribution is -0.118. The Labute approximate surface area is 164 Å². The van der Waals surface area contributed by atoms with Crippen LogP contribution in [0.1, 0.15) is 37.0 Å². The number of nitrogens with one attached hydrogen (secondary N) is 2. The van der Waals surface area contributed by atoms with Crippen LogP contribution in [0.4, 0.5) is 15.8 Å². The van der Waals surface area contributed by atoms with Gasteiger partial charge in [-0.1, -0.05) is 13.8 Å². The van der Waals surface area contributed by atoms with Crippen molar-refractivity contribution in [3.8, 4) is 0 Å². The predicted molar refractivity (Wildman–Crippen MR) is 109 cm³/mol. The van der Waals surface area contributed by atoms with Crippen LogP contribution in [-0.2, 0) is 4.79 Å². The second-order valence-electron chi connectivity index (χ2n) is 7.43. The molecule has 2 aromatic rings. The van der Waals surface area contributed by atoms with Crippen molar-refractivity contribution >= 4 is 23.2 Å². The Balaban J connectivity index is 1.64. The smallest absolute Gasteiger partial charge is 0.251 e. The van der Waals surface area contributed by atoms with Crippen LogP contribution in [0.3, 0.4) is 0 Å². The standard InChI is InChI=1S/C22H26FN3O2/c1-15(2)20(25-21(27)16-5-7-17(23)8-6-16)22(28)24-18-9-11-19(12-10-18)26-13-3-4-14-26/h5-12,15,20H,3-4,13-14H2,1-2H3,(H,24,28)(H,25,27)/t20-/m1/s1. The van der Waals surface area contributed by atoms with Gasteiger partial charge in [-0.15, -0.1) is 0 Å². The average Bonchev–Trinajstić information content (AvgIpc) is 3.21. The molecular weight excluding hydrogens is 357 g/mol. The molecule has 1 fully saturated rings. The van der Waals surface area contributed by atoms with E-state index in [1.54, 1.807) is 0 Å². The van der Waals surface area contributed by atoms with E-state index in [1.807, 2.05) is 38.1 Å². The normalized spacial score (nSPS) is 14.8. The summed E-state index contributed by atoms with van der Waals surface area (Å²) in [4.78, 5) is 27.4. The van der Waals surface area contributed by atoms with Crippen molar-refractivity contribution in [2.75, 3.05) is 23.3 Å². The lowest BCUT2D eigenvalue weighted by Crippen LogP contribution is -2.47. The highest BCUT2D eigenvalue weighted by Gasteiger charge is 2.25. The van der Waals surface area contributed by atoms with E-state index in [-0.39, 0.29) is 11.8 Å². The molecule has 3 rings (SSSR count). The van der Waals surface area contributed by atoms with Crippen LogP contribution in [0, 0.1) is 11.7 Å². The quantitative estimate of drug-likeness (QED) is 0.797. The van der Waals surface area contributed by atoms with Gasteiger partial charge in [0, 0.05) is 30.0 Å². The van der Waals surface area contributed by atoms with Crippen LogP contribution in [0.25, 0.3) is 0 Å². The van der Waals surface area contributed by atoms with Crippen molar-refractivity contribution in [3.63, 3.8) is 0 Å². The number of rotatable bonds is 6. The Morgan fingerprint density at radius 2 is 1.57 bits per heavy atom. The first-order valence-corrected chi connectivity index (χ1v) is 9.66. The summed E-state index contributed by atoms with van der Waals surface area (Å²) >= 11 is 0. The number of hydrogen-bond acceptors (Lipinski definition) is 3. The van der Waals surface area contributed by atoms with Crippen molar-refractivity contribution in [1.29, 1.82) is 0 Å². The molecule has 2 N–H and O–H groups in total. The summed E-state index contributed by atoms with van der Waals surface area (Å²) in [5, 5.41) is 5.62. The van der Waals surface area contributed by atoms with Gasteiger partial charge in [-0.25, -0.2) is 4.39 Å². The maximum Gasteiger partial charge on any atom is 0.251 e. The average molecular weight is 383 g/mol. The minimum atomic E-state index is -0.698. The van der Waals surface area contributed by atoms with Gasteiger partial charge in [0.15, 0.2) is 0 Å². The molecule has 1 atom stereocenters. The van der Waals surface area contributed by atoms with Gasteiger partial charge in [-0.2, -0.15) is 0 Å². The maximum atomic E-state index is 13.0. The van der Waals surface area contributed by atoms with Gasteiger partial charge in [-0.3, -0.25) is 9.59 Å². The van der Waals surface area contributed by atoms with E-state index < -0.39 is 17.8 Å². The Morgan fingerprint density at radius 3 is 2.14 bits per heavy atom. The highest BCUT2D eigenvalue weighted by Crippen LogP contribution is 2.22. The van der Waals surface area contributed by atoms with Gasteiger partial charge in [0.2, 0.25) is 5.91 Å². The van der Waals surface area contributed by atoms with Crippen LogP contribution in [-0.4, -0.2) is 30.9 Å². The van der Waals surface area contributed by atoms with Gasteiger partial charge in [0.05, 0.1) is 0 Å². The summed E-state index contributed by atoms with van der Waals surface area (Å²) in [5.41, 5.74) is 2.16. The topological polar surface area (TPSA) is 61.4 Å². The van der Waals surface area contributed by atoms with Crippen molar-refractivity contribution in [1.82, 2.24) is 5.32 Å². The number of carbonyl (C=O) groups excluding carboxylic acids is 2. The number of anilines is 2. The van der Waals surface area contributed by atoms with Gasteiger partial charge in [0.25, 0.3) is 5.91 Å². The van der Waals surface area contributed by atoms with E-state index in [4.69, 9.17) is 0 Å². The molecule has 6 heteroatoms. The van der Waals surface area contributed by atoms with Crippen molar-refractivity contribution < 1.29 is 14.0 Å². The molecule has 1 heterocycles. The molecule has 0 radical (unpaired) electrons. The fourth-order valence-electron chi connectivity index (χ4n) is 3.31. The van der Waals surface area contributed by atoms with Crippen molar-refractivity contribution in [2.45, 2.75) is 32.7 Å². The molecule has 0 bridgehead atoms. The van der Waals surface area contributed by atoms with Gasteiger partial charge >= 0.3 is 0 Å². The van der Waals surface area contributed by atoms with Gasteiger partial charge < -0.3 is 15.5 Å². The largest absolute Gasteiger partial charge is 0.372 e. The summed E-state index contributed by atoms with van der Waals surface area (Å²) in [6.07, 6.45) is 2.42. The third kappa shape index (κ3) is 4.88. The fraction of sp³-hybridized carbons (Fsp3) is 0.364. The van der Waals surface area contributed by atoms with E-state index in [2.05, 4.69) is 15.5 Å². The van der Waals surface area contributed by atoms with Crippen LogP contribution >= 0.6 is 0 Å². The van der Waals surface area contributed by atoms with Crippen LogP contribution < -0.4 is 15.5 Å². The number of amides is 2. The molecule has 5 nitrogen and oxygen atoms in total. The SMILES string of the molecule is CC(C)[C@@H](NC(=O)c1ccc(F)cc1)C(=O)Nc1ccc(N2CCCC2)cc1. The van der Waals surface area contributed by atoms with Crippen molar-refractivity contribution in [3.05, 3.63) is 59.9 Å². The Bertz CT molecular complexity index is 813. The predicted octanol–water partition coefficient (Wildman–Crippen LogP) is 3.82. The molecule has 0 unspecified atom stereocenters. The van der Waals surface area contributed by atoms with E-state index in [0.717, 1.165) is 18.8 Å². The van der Waals surface area contributed by atoms with E-state index in [9.17, 15) is 14.0 Å². The fourth-order valence-corrected chi connectivity index (χ4v) is 3.31. The Hall–Kier alpha value is -2.89. The van der Waals surface area contributed by atoms with Crippen molar-refractivity contribution in [2.24, 2.45) is 5.92 Å². The zero-order chi connectivity index (χ0) is 20.1. The number of benzene rings is 2. The lowest BCUT2D eigenvalue weighted by atomic mass is 10.0. The molecule has 2 amide bonds. The number of hydrogen-bond donors (Lipinski definition) is 2. The summed E-state index contributed by atoms with van der Waals surface area (Å²) in [6.45, 7) is 5.87. The van der Waals surface area contributed by atoms with Crippen LogP contribution in [0.15, 0.2) is 48.5 Å². The van der Waals surface area contributed by atoms with Gasteiger partial charge in [0.1, 0.15) is 11.9 Å². The lowest BCUT2D eigenvalue weighted by Gasteiger charge is -2.22. The monoisotopic (exact) mass is 383 g/mol. The van der Waals surface area contributed by atoms with Crippen LogP contribution in [0.2, 0.25) is 0 Å². The van der Waals surface area contributed by atoms with E-state index in [1.165, 1.54) is 37.1 Å². The number of halogens is 1. The molecule has 0 aliphatic carbocycles. The molecule has 1 saturated heterocycles. The second kappa shape index (κ2) is 8.87. The Morgan fingerprint density at radius 1 is 0.964 bits per heavy atom. The Kier molecular flexibility index (Phi) is 6.29. The molecular formula is C22H26FN3O2. The second-order valence-corrected chi connectivity index (χ2v) is 7.43. The first-order valence-electron chi connectivity index (χ1n) is 9.66. The first-order chi connectivity index (χ1) is 13.4. The maximum absolute atomic E-state index is 13.0. The summed E-state index contributed by atoms with van der Waals surface area (Å²) in [5.74, 6) is -1.20. The van der Waals surface area contributed by atoms with Crippen LogP contribution in [0.5, 0.6) is 0 Å². The highest BCUT2D eigenvalue weighted by molar-refractivity contribution is 6.01. The molecule has 148 valence electrons. The molecule has 2 aromatic carbocycles. The molecule has 0 saturated carbocycles. The minimum Gasteiger partial charge on any atom is -0.372 e. The zero-order valence-electron chi connectivity index (χ0n) is 16.2. The molecule has 0 spiro atoms. The third-order valence-electron chi connectivity index (χ3n) is 4.95. The molecule has 0 aromatic heterocycles. The minimum absolute atomic E-state index is 0.103. The molecule has 1 aliphatic rings. The first kappa shape index (κ1) is 19.9. The number of nitrogens with zero attached hydrogens (tertiary/aromatic N) is 1. The third-order valence-corrected chi connectivity index (χ3v) is 4.95. The van der Waals surface area contributed by atoms with E-state index >= 15 is 0 Å². The summed E-state index contributed by atoms with van der Waals surface area (Å²) in [6, 6.07) is 12.3. The molecule has 1 aliphatic heterocycles. The van der Waals surface area contributed by atoms with Gasteiger partial charge in [-0.05, 0) is 67.3 Å². The summed E-state index contributed by atoms with van der Waals surface area (Å²) in [7, 11) is 0. The summed E-state index contributed by atoms with van der Waals surface area (Å²) < 4.78 is 13.0. The zero-order valence-corrected chi connectivity index (χ0v) is 16.2. The number of carbonyl (C=O) groups is 2. The molecule has 28 heavy (non-hydrogen) atoms. The van der Waals surface area contributed by atoms with E-state index in [0.29, 0.717) is 11.3 Å². The highest BCUT2D eigenvalue weighted by atomic mass is 19.1.